The van der Waals surface area contributed by atoms with Crippen molar-refractivity contribution in [3.8, 4) is 0 Å². The van der Waals surface area contributed by atoms with E-state index in [1.807, 2.05) is 0 Å². The van der Waals surface area contributed by atoms with Crippen molar-refractivity contribution >= 4 is 40.2 Å². The molecule has 8 heavy (non-hydrogen) atoms. The van der Waals surface area contributed by atoms with Crippen molar-refractivity contribution < 1.29 is 9.90 Å². The van der Waals surface area contributed by atoms with Gasteiger partial charge in [0, 0.05) is 0 Å². The molecule has 0 aliphatic rings. The fourth-order valence-corrected chi connectivity index (χ4v) is 0.151. The minimum Gasteiger partial charge on any atom is -0.479 e. The predicted octanol–water partition coefficient (Wildman–Crippen LogP) is 1.85. The standard InChI is InChI=1S/C4H6ClIO2/c1-2-4(5,6)3(7)8/h2H2,1H3,(H,7,8). The Kier molecular flexibility index (Phi) is 3.04. The van der Waals surface area contributed by atoms with E-state index in [0.717, 1.165) is 0 Å². The van der Waals surface area contributed by atoms with E-state index in [2.05, 4.69) is 0 Å². The third kappa shape index (κ3) is 2.17. The van der Waals surface area contributed by atoms with Crippen molar-refractivity contribution in [1.82, 2.24) is 0 Å². The number of hydrogen-bond donors (Lipinski definition) is 1. The topological polar surface area (TPSA) is 37.3 Å². The molecule has 0 saturated carbocycles. The van der Waals surface area contributed by atoms with Crippen molar-refractivity contribution in [1.29, 1.82) is 0 Å². The highest BCUT2D eigenvalue weighted by atomic mass is 127. The zero-order valence-corrected chi connectivity index (χ0v) is 7.23. The fourth-order valence-electron chi connectivity index (χ4n) is 0.151. The number of aliphatic carboxylic acids is 1. The molecule has 0 amide bonds. The number of halogens is 2. The van der Waals surface area contributed by atoms with Gasteiger partial charge < -0.3 is 5.11 Å². The minimum absolute atomic E-state index is 0.435. The van der Waals surface area contributed by atoms with Crippen LogP contribution in [0.3, 0.4) is 0 Å². The van der Waals surface area contributed by atoms with E-state index in [1.165, 1.54) is 0 Å². The Balaban J connectivity index is 3.91. The third-order valence-corrected chi connectivity index (χ3v) is 2.41. The van der Waals surface area contributed by atoms with Crippen molar-refractivity contribution in [2.45, 2.75) is 16.2 Å². The summed E-state index contributed by atoms with van der Waals surface area (Å²) in [6.45, 7) is 1.73. The first-order valence-electron chi connectivity index (χ1n) is 2.12. The Morgan fingerprint density at radius 2 is 2.38 bits per heavy atom. The molecule has 0 radical (unpaired) electrons. The third-order valence-electron chi connectivity index (χ3n) is 0.757. The van der Waals surface area contributed by atoms with Crippen LogP contribution in [0, 0.1) is 0 Å². The predicted molar refractivity (Wildman–Crippen MR) is 40.5 cm³/mol. The molecule has 0 aliphatic carbocycles. The average Bonchev–Trinajstić information content (AvgIpc) is 1.67. The van der Waals surface area contributed by atoms with Gasteiger partial charge in [0.05, 0.1) is 0 Å². The van der Waals surface area contributed by atoms with Gasteiger partial charge in [0.2, 0.25) is 0 Å². The van der Waals surface area contributed by atoms with Crippen LogP contribution in [0.25, 0.3) is 0 Å². The Hall–Kier alpha value is 0.490. The van der Waals surface area contributed by atoms with Crippen LogP contribution in [0.1, 0.15) is 13.3 Å². The van der Waals surface area contributed by atoms with E-state index in [9.17, 15) is 4.79 Å². The second kappa shape index (κ2) is 2.87. The Morgan fingerprint density at radius 3 is 2.38 bits per heavy atom. The van der Waals surface area contributed by atoms with Gasteiger partial charge in [0.1, 0.15) is 0 Å². The number of hydrogen-bond acceptors (Lipinski definition) is 1. The summed E-state index contributed by atoms with van der Waals surface area (Å²) in [6.07, 6.45) is 0.435. The minimum atomic E-state index is -1.10. The molecule has 0 saturated heterocycles. The van der Waals surface area contributed by atoms with E-state index < -0.39 is 8.85 Å². The molecule has 0 heterocycles. The first-order chi connectivity index (χ1) is 3.50. The maximum absolute atomic E-state index is 10.1. The highest BCUT2D eigenvalue weighted by molar-refractivity contribution is 14.1. The molecule has 1 N–H and O–H groups in total. The van der Waals surface area contributed by atoms with Gasteiger partial charge >= 0.3 is 5.97 Å². The largest absolute Gasteiger partial charge is 0.479 e. The van der Waals surface area contributed by atoms with Gasteiger partial charge in [-0.15, -0.1) is 0 Å². The van der Waals surface area contributed by atoms with Gasteiger partial charge in [-0.2, -0.15) is 0 Å². The number of carboxylic acids is 1. The van der Waals surface area contributed by atoms with Gasteiger partial charge in [0.15, 0.2) is 2.88 Å². The molecule has 48 valence electrons. The molecule has 0 bridgehead atoms. The number of rotatable bonds is 2. The lowest BCUT2D eigenvalue weighted by molar-refractivity contribution is -0.137. The first kappa shape index (κ1) is 8.49. The molecule has 0 aromatic carbocycles. The molecular weight excluding hydrogens is 242 g/mol. The summed E-state index contributed by atoms with van der Waals surface area (Å²) in [6, 6.07) is 0. The van der Waals surface area contributed by atoms with E-state index in [-0.39, 0.29) is 0 Å². The lowest BCUT2D eigenvalue weighted by Crippen LogP contribution is -2.22. The summed E-state index contributed by atoms with van der Waals surface area (Å²) in [5, 5.41) is 8.30. The van der Waals surface area contributed by atoms with Crippen LogP contribution >= 0.6 is 34.2 Å². The highest BCUT2D eigenvalue weighted by Gasteiger charge is 2.29. The first-order valence-corrected chi connectivity index (χ1v) is 3.57. The molecule has 0 aliphatic heterocycles. The quantitative estimate of drug-likeness (QED) is 0.598. The summed E-state index contributed by atoms with van der Waals surface area (Å²) in [4.78, 5) is 10.1. The van der Waals surface area contributed by atoms with Crippen LogP contribution < -0.4 is 0 Å². The fraction of sp³-hybridized carbons (Fsp3) is 0.750. The maximum Gasteiger partial charge on any atom is 0.334 e. The Labute approximate surface area is 66.4 Å². The molecule has 1 atom stereocenters. The molecule has 0 aromatic rings. The molecule has 2 nitrogen and oxygen atoms in total. The zero-order valence-electron chi connectivity index (χ0n) is 4.32. The zero-order chi connectivity index (χ0) is 6.78. The molecule has 0 fully saturated rings. The van der Waals surface area contributed by atoms with E-state index in [4.69, 9.17) is 16.7 Å². The van der Waals surface area contributed by atoms with Gasteiger partial charge in [-0.25, -0.2) is 4.79 Å². The molecule has 0 spiro atoms. The van der Waals surface area contributed by atoms with E-state index in [0.29, 0.717) is 6.42 Å². The second-order valence-electron chi connectivity index (χ2n) is 1.36. The summed E-state index contributed by atoms with van der Waals surface area (Å²) < 4.78 is -1.10. The van der Waals surface area contributed by atoms with Crippen molar-refractivity contribution in [3.63, 3.8) is 0 Å². The summed E-state index contributed by atoms with van der Waals surface area (Å²) >= 11 is 7.14. The van der Waals surface area contributed by atoms with Gasteiger partial charge in [-0.3, -0.25) is 0 Å². The van der Waals surface area contributed by atoms with Gasteiger partial charge in [0.25, 0.3) is 0 Å². The van der Waals surface area contributed by atoms with E-state index >= 15 is 0 Å². The lowest BCUT2D eigenvalue weighted by Gasteiger charge is -2.09. The number of carboxylic acid groups (broad SMARTS) is 1. The smallest absolute Gasteiger partial charge is 0.334 e. The van der Waals surface area contributed by atoms with Crippen LogP contribution in [-0.2, 0) is 4.79 Å². The van der Waals surface area contributed by atoms with Crippen LogP contribution in [0.4, 0.5) is 0 Å². The molecular formula is C4H6ClIO2. The number of carbonyl (C=O) groups is 1. The Bertz CT molecular complexity index is 102. The molecule has 0 rings (SSSR count). The summed E-state index contributed by atoms with van der Waals surface area (Å²) in [7, 11) is 0. The summed E-state index contributed by atoms with van der Waals surface area (Å²) in [5.41, 5.74) is 0. The normalized spacial score (nSPS) is 17.4. The van der Waals surface area contributed by atoms with Crippen LogP contribution in [0.15, 0.2) is 0 Å². The van der Waals surface area contributed by atoms with Crippen LogP contribution in [0.5, 0.6) is 0 Å². The van der Waals surface area contributed by atoms with Crippen molar-refractivity contribution in [2.24, 2.45) is 0 Å². The Morgan fingerprint density at radius 1 is 2.00 bits per heavy atom. The second-order valence-corrected chi connectivity index (χ2v) is 4.49. The summed E-state index contributed by atoms with van der Waals surface area (Å²) in [5.74, 6) is -0.970. The lowest BCUT2D eigenvalue weighted by atomic mass is 10.3. The SMILES string of the molecule is CCC(Cl)(I)C(=O)O. The monoisotopic (exact) mass is 248 g/mol. The van der Waals surface area contributed by atoms with Crippen LogP contribution in [0.2, 0.25) is 0 Å². The van der Waals surface area contributed by atoms with Gasteiger partial charge in [-0.1, -0.05) is 18.5 Å². The molecule has 4 heteroatoms. The highest BCUT2D eigenvalue weighted by Crippen LogP contribution is 2.27. The maximum atomic E-state index is 10.1. The van der Waals surface area contributed by atoms with Crippen molar-refractivity contribution in [3.05, 3.63) is 0 Å². The van der Waals surface area contributed by atoms with E-state index in [1.54, 1.807) is 29.5 Å². The molecule has 0 aromatic heterocycles. The van der Waals surface area contributed by atoms with Gasteiger partial charge in [-0.05, 0) is 29.0 Å². The molecule has 1 unspecified atom stereocenters. The van der Waals surface area contributed by atoms with Crippen LogP contribution in [-0.4, -0.2) is 14.0 Å². The van der Waals surface area contributed by atoms with Crippen molar-refractivity contribution in [2.75, 3.05) is 0 Å². The number of alkyl halides is 2. The average molecular weight is 248 g/mol.